The number of aliphatic hydroxyl groups excluding tert-OH is 1. The minimum absolute atomic E-state index is 0.103. The monoisotopic (exact) mass is 1340 g/mol. The predicted molar refractivity (Wildman–Crippen MR) is 368 cm³/mol. The van der Waals surface area contributed by atoms with E-state index in [0.717, 1.165) is 127 Å². The molecule has 0 aliphatic carbocycles. The lowest BCUT2D eigenvalue weighted by molar-refractivity contribution is -0.161. The second kappa shape index (κ2) is 64.1. The van der Waals surface area contributed by atoms with Crippen LogP contribution in [0, 0.1) is 11.8 Å². The van der Waals surface area contributed by atoms with Crippen molar-refractivity contribution in [2.75, 3.05) is 39.6 Å². The van der Waals surface area contributed by atoms with E-state index in [1.807, 2.05) is 0 Å². The minimum Gasteiger partial charge on any atom is -0.462 e. The van der Waals surface area contributed by atoms with Crippen molar-refractivity contribution >= 4 is 39.5 Å². The maximum atomic E-state index is 13.1. The van der Waals surface area contributed by atoms with E-state index in [9.17, 15) is 43.2 Å². The molecule has 2 unspecified atom stereocenters. The molecule has 19 heteroatoms. The summed E-state index contributed by atoms with van der Waals surface area (Å²) in [5.74, 6) is -0.520. The highest BCUT2D eigenvalue weighted by atomic mass is 31.2. The second-order valence-corrected chi connectivity index (χ2v) is 29.8. The quantitative estimate of drug-likeness (QED) is 0.0222. The summed E-state index contributed by atoms with van der Waals surface area (Å²) in [5.41, 5.74) is 0. The number of carbonyl (C=O) groups excluding carboxylic acids is 4. The highest BCUT2D eigenvalue weighted by Crippen LogP contribution is 2.45. The van der Waals surface area contributed by atoms with Crippen LogP contribution in [0.3, 0.4) is 0 Å². The Bertz CT molecular complexity index is 1770. The summed E-state index contributed by atoms with van der Waals surface area (Å²) < 4.78 is 68.1. The molecule has 17 nitrogen and oxygen atoms in total. The van der Waals surface area contributed by atoms with Crippen molar-refractivity contribution in [2.45, 2.75) is 387 Å². The largest absolute Gasteiger partial charge is 0.472 e. The van der Waals surface area contributed by atoms with Crippen molar-refractivity contribution in [1.82, 2.24) is 0 Å². The zero-order valence-corrected chi connectivity index (χ0v) is 60.9. The van der Waals surface area contributed by atoms with Crippen LogP contribution in [0.15, 0.2) is 0 Å². The molecule has 0 saturated heterocycles. The first kappa shape index (κ1) is 89.1. The maximum Gasteiger partial charge on any atom is 0.472 e. The van der Waals surface area contributed by atoms with Crippen LogP contribution in [-0.2, 0) is 65.4 Å². The van der Waals surface area contributed by atoms with Gasteiger partial charge >= 0.3 is 39.5 Å². The van der Waals surface area contributed by atoms with Crippen molar-refractivity contribution in [2.24, 2.45) is 11.8 Å². The first-order valence-electron chi connectivity index (χ1n) is 37.5. The molecule has 0 amide bonds. The molecule has 0 aromatic carbocycles. The summed E-state index contributed by atoms with van der Waals surface area (Å²) in [4.78, 5) is 72.3. The van der Waals surface area contributed by atoms with E-state index < -0.39 is 97.5 Å². The molecular weight excluding hydrogens is 1200 g/mol. The number of phosphoric acid groups is 2. The Hall–Kier alpha value is -1.94. The van der Waals surface area contributed by atoms with E-state index in [2.05, 4.69) is 41.5 Å². The predicted octanol–water partition coefficient (Wildman–Crippen LogP) is 20.8. The van der Waals surface area contributed by atoms with Crippen molar-refractivity contribution < 1.29 is 80.2 Å². The van der Waals surface area contributed by atoms with Crippen LogP contribution in [-0.4, -0.2) is 96.7 Å². The summed E-state index contributed by atoms with van der Waals surface area (Å²) in [5, 5.41) is 10.6. The maximum absolute atomic E-state index is 13.1. The van der Waals surface area contributed by atoms with Gasteiger partial charge < -0.3 is 33.8 Å². The molecule has 0 aromatic rings. The molecule has 0 radical (unpaired) electrons. The molecule has 0 aliphatic heterocycles. The lowest BCUT2D eigenvalue weighted by Crippen LogP contribution is -2.30. The third kappa shape index (κ3) is 66.5. The number of hydrogen-bond acceptors (Lipinski definition) is 15. The fourth-order valence-corrected chi connectivity index (χ4v) is 12.5. The topological polar surface area (TPSA) is 237 Å². The number of hydrogen-bond donors (Lipinski definition) is 3. The smallest absolute Gasteiger partial charge is 0.462 e. The van der Waals surface area contributed by atoms with Crippen LogP contribution in [0.2, 0.25) is 0 Å². The normalized spacial score (nSPS) is 14.1. The van der Waals surface area contributed by atoms with Crippen LogP contribution in [0.1, 0.15) is 369 Å². The highest BCUT2D eigenvalue weighted by molar-refractivity contribution is 7.47. The Morgan fingerprint density at radius 2 is 0.505 bits per heavy atom. The fourth-order valence-electron chi connectivity index (χ4n) is 10.9. The van der Waals surface area contributed by atoms with Crippen LogP contribution in [0.25, 0.3) is 0 Å². The molecule has 0 aromatic heterocycles. The molecule has 5 atom stereocenters. The second-order valence-electron chi connectivity index (χ2n) is 26.9. The standard InChI is InChI=1S/C72H140O17P2/c1-7-9-11-13-34-42-48-54-69(74)82-60-67(88-71(76)56-50-44-35-14-12-10-8-2)62-86-90(78,79)84-58-66(73)59-85-91(80,81)87-63-68(61-83-70(75)55-49-43-38-32-28-25-21-23-27-31-37-41-47-53-65(5)6)89-72(77)57-51-45-39-33-29-24-20-18-16-15-17-19-22-26-30-36-40-46-52-64(3)4/h64-68,73H,7-63H2,1-6H3,(H,78,79)(H,80,81)/t66-,67+,68+/m0/s1. The molecule has 91 heavy (non-hydrogen) atoms. The molecule has 0 rings (SSSR count). The van der Waals surface area contributed by atoms with Gasteiger partial charge in [0, 0.05) is 25.7 Å². The fraction of sp³-hybridized carbons (Fsp3) is 0.944. The summed E-state index contributed by atoms with van der Waals surface area (Å²) in [6, 6.07) is 0. The molecule has 0 heterocycles. The molecule has 3 N–H and O–H groups in total. The summed E-state index contributed by atoms with van der Waals surface area (Å²) in [7, 11) is -9.89. The van der Waals surface area contributed by atoms with Gasteiger partial charge in [-0.2, -0.15) is 0 Å². The van der Waals surface area contributed by atoms with E-state index in [4.69, 9.17) is 37.0 Å². The van der Waals surface area contributed by atoms with Gasteiger partial charge in [-0.1, -0.05) is 318 Å². The van der Waals surface area contributed by atoms with Gasteiger partial charge in [-0.25, -0.2) is 9.13 Å². The number of phosphoric ester groups is 2. The number of unbranched alkanes of at least 4 members (excludes halogenated alkanes) is 41. The first-order valence-corrected chi connectivity index (χ1v) is 40.5. The average molecular weight is 1340 g/mol. The van der Waals surface area contributed by atoms with Crippen LogP contribution in [0.5, 0.6) is 0 Å². The highest BCUT2D eigenvalue weighted by Gasteiger charge is 2.30. The van der Waals surface area contributed by atoms with E-state index in [0.29, 0.717) is 25.7 Å². The van der Waals surface area contributed by atoms with Gasteiger partial charge in [0.2, 0.25) is 0 Å². The lowest BCUT2D eigenvalue weighted by Gasteiger charge is -2.21. The van der Waals surface area contributed by atoms with Crippen molar-refractivity contribution in [3.05, 3.63) is 0 Å². The number of rotatable bonds is 71. The van der Waals surface area contributed by atoms with Crippen LogP contribution in [0.4, 0.5) is 0 Å². The Labute approximate surface area is 556 Å². The van der Waals surface area contributed by atoms with Gasteiger partial charge in [0.1, 0.15) is 19.3 Å². The Morgan fingerprint density at radius 1 is 0.297 bits per heavy atom. The average Bonchev–Trinajstić information content (AvgIpc) is 2.24. The van der Waals surface area contributed by atoms with Gasteiger partial charge in [0.15, 0.2) is 12.2 Å². The first-order chi connectivity index (χ1) is 43.9. The van der Waals surface area contributed by atoms with Gasteiger partial charge in [-0.05, 0) is 37.5 Å². The van der Waals surface area contributed by atoms with Crippen molar-refractivity contribution in [3.8, 4) is 0 Å². The molecule has 0 bridgehead atoms. The van der Waals surface area contributed by atoms with Gasteiger partial charge in [0.05, 0.1) is 26.4 Å². The molecule has 0 saturated carbocycles. The Kier molecular flexibility index (Phi) is 62.7. The van der Waals surface area contributed by atoms with Gasteiger partial charge in [-0.3, -0.25) is 37.3 Å². The molecule has 0 fully saturated rings. The third-order valence-electron chi connectivity index (χ3n) is 16.7. The van der Waals surface area contributed by atoms with E-state index >= 15 is 0 Å². The van der Waals surface area contributed by atoms with Crippen molar-refractivity contribution in [1.29, 1.82) is 0 Å². The Morgan fingerprint density at radius 3 is 0.747 bits per heavy atom. The molecule has 540 valence electrons. The van der Waals surface area contributed by atoms with E-state index in [1.165, 1.54) is 161 Å². The Balaban J connectivity index is 5.12. The van der Waals surface area contributed by atoms with Crippen LogP contribution >= 0.6 is 15.6 Å². The van der Waals surface area contributed by atoms with Gasteiger partial charge in [0.25, 0.3) is 0 Å². The number of aliphatic hydroxyl groups is 1. The molecule has 0 spiro atoms. The molecule has 0 aliphatic rings. The van der Waals surface area contributed by atoms with Crippen LogP contribution < -0.4 is 0 Å². The van der Waals surface area contributed by atoms with E-state index in [-0.39, 0.29) is 25.7 Å². The summed E-state index contributed by atoms with van der Waals surface area (Å²) >= 11 is 0. The number of carbonyl (C=O) groups is 4. The van der Waals surface area contributed by atoms with E-state index in [1.54, 1.807) is 0 Å². The summed E-state index contributed by atoms with van der Waals surface area (Å²) in [6.45, 7) is 9.53. The SMILES string of the molecule is CCCCCCCCCC(=O)OC[C@H](COP(=O)(O)OC[C@H](O)COP(=O)(O)OC[C@@H](COC(=O)CCCCCCCCCCCCCCCC(C)C)OC(=O)CCCCCCCCCCCCCCCCCCCCC(C)C)OC(=O)CCCCCCCCC. The zero-order valence-electron chi connectivity index (χ0n) is 59.1. The van der Waals surface area contributed by atoms with Gasteiger partial charge in [-0.15, -0.1) is 0 Å². The number of ether oxygens (including phenoxy) is 4. The van der Waals surface area contributed by atoms with Crippen molar-refractivity contribution in [3.63, 3.8) is 0 Å². The third-order valence-corrected chi connectivity index (χ3v) is 18.6. The number of esters is 4. The lowest BCUT2D eigenvalue weighted by atomic mass is 10.0. The minimum atomic E-state index is -4.95. The summed E-state index contributed by atoms with van der Waals surface area (Å²) in [6.07, 6.45) is 50.4. The molecular formula is C72H140O17P2. The zero-order chi connectivity index (χ0) is 67.2.